The fourth-order valence-electron chi connectivity index (χ4n) is 2.33. The van der Waals surface area contributed by atoms with E-state index in [0.717, 1.165) is 22.3 Å². The molecule has 0 fully saturated rings. The molecule has 1 N–H and O–H groups in total. The van der Waals surface area contributed by atoms with Crippen molar-refractivity contribution in [1.29, 1.82) is 5.26 Å². The number of aromatic nitrogens is 1. The second-order valence-corrected chi connectivity index (χ2v) is 5.34. The summed E-state index contributed by atoms with van der Waals surface area (Å²) >= 11 is 6.09. The Hall–Kier alpha value is -2.77. The molecule has 4 nitrogen and oxygen atoms in total. The molecule has 1 heterocycles. The van der Waals surface area contributed by atoms with E-state index >= 15 is 0 Å². The molecule has 114 valence electrons. The van der Waals surface area contributed by atoms with Crippen molar-refractivity contribution in [2.24, 2.45) is 0 Å². The van der Waals surface area contributed by atoms with E-state index in [0.29, 0.717) is 22.9 Å². The monoisotopic (exact) mass is 323 g/mol. The zero-order valence-corrected chi connectivity index (χ0v) is 13.3. The molecule has 2 aromatic carbocycles. The Balaban J connectivity index is 2.04. The first-order valence-electron chi connectivity index (χ1n) is 7.19. The maximum atomic E-state index is 9.36. The number of hydrogen-bond donors (Lipinski definition) is 1. The van der Waals surface area contributed by atoms with Crippen LogP contribution in [-0.4, -0.2) is 11.6 Å². The van der Waals surface area contributed by atoms with Gasteiger partial charge in [0.1, 0.15) is 11.8 Å². The van der Waals surface area contributed by atoms with Crippen molar-refractivity contribution in [2.75, 3.05) is 11.9 Å². The molecule has 1 aromatic heterocycles. The third kappa shape index (κ3) is 3.20. The lowest BCUT2D eigenvalue weighted by Crippen LogP contribution is -1.97. The summed E-state index contributed by atoms with van der Waals surface area (Å²) in [4.78, 5) is 4.29. The van der Waals surface area contributed by atoms with Gasteiger partial charge in [0, 0.05) is 22.3 Å². The molecule has 0 spiro atoms. The number of nitrogens with zero attached hydrogens (tertiary/aromatic N) is 2. The molecule has 0 bridgehead atoms. The van der Waals surface area contributed by atoms with Crippen LogP contribution in [0, 0.1) is 11.3 Å². The Kier molecular flexibility index (Phi) is 4.31. The van der Waals surface area contributed by atoms with Crippen LogP contribution in [0.2, 0.25) is 5.02 Å². The van der Waals surface area contributed by atoms with E-state index in [4.69, 9.17) is 16.3 Å². The third-order valence-electron chi connectivity index (χ3n) is 3.39. The summed E-state index contributed by atoms with van der Waals surface area (Å²) in [7, 11) is 0. The topological polar surface area (TPSA) is 57.9 Å². The zero-order valence-electron chi connectivity index (χ0n) is 12.5. The predicted octanol–water partition coefficient (Wildman–Crippen LogP) is 4.90. The van der Waals surface area contributed by atoms with Gasteiger partial charge in [-0.25, -0.2) is 0 Å². The maximum Gasteiger partial charge on any atom is 0.119 e. The largest absolute Gasteiger partial charge is 0.494 e. The lowest BCUT2D eigenvalue weighted by molar-refractivity contribution is 0.340. The maximum absolute atomic E-state index is 9.36. The second-order valence-electron chi connectivity index (χ2n) is 4.90. The smallest absolute Gasteiger partial charge is 0.119 e. The normalized spacial score (nSPS) is 10.3. The van der Waals surface area contributed by atoms with Gasteiger partial charge in [-0.15, -0.1) is 0 Å². The minimum absolute atomic E-state index is 0.466. The summed E-state index contributed by atoms with van der Waals surface area (Å²) in [6.45, 7) is 2.57. The number of rotatable bonds is 4. The summed E-state index contributed by atoms with van der Waals surface area (Å²) in [5, 5.41) is 14.1. The van der Waals surface area contributed by atoms with Gasteiger partial charge in [0.2, 0.25) is 0 Å². The third-order valence-corrected chi connectivity index (χ3v) is 3.62. The fraction of sp³-hybridized carbons (Fsp3) is 0.111. The average molecular weight is 324 g/mol. The van der Waals surface area contributed by atoms with Gasteiger partial charge >= 0.3 is 0 Å². The van der Waals surface area contributed by atoms with E-state index in [1.165, 1.54) is 0 Å². The van der Waals surface area contributed by atoms with Gasteiger partial charge in [0.05, 0.1) is 23.4 Å². The van der Waals surface area contributed by atoms with Crippen LogP contribution in [0.15, 0.2) is 48.7 Å². The molecule has 0 aliphatic carbocycles. The molecule has 0 atom stereocenters. The molecule has 3 rings (SSSR count). The van der Waals surface area contributed by atoms with Crippen LogP contribution in [0.4, 0.5) is 11.4 Å². The Bertz CT molecular complexity index is 885. The van der Waals surface area contributed by atoms with Crippen molar-refractivity contribution in [3.8, 4) is 11.8 Å². The second kappa shape index (κ2) is 6.55. The van der Waals surface area contributed by atoms with Gasteiger partial charge in [-0.3, -0.25) is 4.98 Å². The Labute approximate surface area is 139 Å². The molecular weight excluding hydrogens is 310 g/mol. The fourth-order valence-corrected chi connectivity index (χ4v) is 2.50. The van der Waals surface area contributed by atoms with E-state index in [2.05, 4.69) is 16.4 Å². The Morgan fingerprint density at radius 2 is 2.00 bits per heavy atom. The van der Waals surface area contributed by atoms with Crippen LogP contribution >= 0.6 is 11.6 Å². The van der Waals surface area contributed by atoms with E-state index in [-0.39, 0.29) is 0 Å². The highest BCUT2D eigenvalue weighted by Crippen LogP contribution is 2.31. The molecule has 0 unspecified atom stereocenters. The van der Waals surface area contributed by atoms with Gasteiger partial charge in [0.15, 0.2) is 0 Å². The molecular formula is C18H14ClN3O. The Morgan fingerprint density at radius 1 is 1.22 bits per heavy atom. The number of ether oxygens (including phenoxy) is 1. The molecule has 23 heavy (non-hydrogen) atoms. The van der Waals surface area contributed by atoms with Crippen LogP contribution in [0.1, 0.15) is 12.5 Å². The van der Waals surface area contributed by atoms with Gasteiger partial charge in [-0.05, 0) is 49.4 Å². The number of nitrogens with one attached hydrogen (secondary N) is 1. The van der Waals surface area contributed by atoms with E-state index in [9.17, 15) is 5.26 Å². The van der Waals surface area contributed by atoms with Crippen molar-refractivity contribution in [1.82, 2.24) is 4.98 Å². The number of fused-ring (bicyclic) bond motifs is 1. The van der Waals surface area contributed by atoms with Gasteiger partial charge in [-0.1, -0.05) is 11.6 Å². The van der Waals surface area contributed by atoms with Gasteiger partial charge in [0.25, 0.3) is 0 Å². The summed E-state index contributed by atoms with van der Waals surface area (Å²) in [5.41, 5.74) is 2.80. The van der Waals surface area contributed by atoms with Crippen LogP contribution in [0.5, 0.6) is 5.75 Å². The summed E-state index contributed by atoms with van der Waals surface area (Å²) < 4.78 is 5.43. The highest BCUT2D eigenvalue weighted by Gasteiger charge is 2.10. The number of benzene rings is 2. The van der Waals surface area contributed by atoms with Crippen molar-refractivity contribution in [3.63, 3.8) is 0 Å². The number of hydrogen-bond acceptors (Lipinski definition) is 4. The van der Waals surface area contributed by atoms with Gasteiger partial charge in [-0.2, -0.15) is 5.26 Å². The van der Waals surface area contributed by atoms with Crippen LogP contribution in [0.25, 0.3) is 10.9 Å². The SMILES string of the molecule is CCOc1ccc(Nc2c(C#N)cnc3ccc(Cl)cc23)cc1. The highest BCUT2D eigenvalue weighted by atomic mass is 35.5. The molecule has 3 aromatic rings. The van der Waals surface area contributed by atoms with Crippen molar-refractivity contribution in [2.45, 2.75) is 6.92 Å². The van der Waals surface area contributed by atoms with Crippen LogP contribution in [-0.2, 0) is 0 Å². The predicted molar refractivity (Wildman–Crippen MR) is 92.4 cm³/mol. The first-order valence-corrected chi connectivity index (χ1v) is 7.57. The van der Waals surface area contributed by atoms with Crippen molar-refractivity contribution >= 4 is 33.9 Å². The lowest BCUT2D eigenvalue weighted by Gasteiger charge is -2.12. The highest BCUT2D eigenvalue weighted by molar-refractivity contribution is 6.31. The number of pyridine rings is 1. The van der Waals surface area contributed by atoms with E-state index in [1.807, 2.05) is 43.3 Å². The first-order chi connectivity index (χ1) is 11.2. The zero-order chi connectivity index (χ0) is 16.2. The molecule has 5 heteroatoms. The number of nitriles is 1. The number of anilines is 2. The molecule has 0 aliphatic heterocycles. The quantitative estimate of drug-likeness (QED) is 0.741. The van der Waals surface area contributed by atoms with E-state index in [1.54, 1.807) is 12.3 Å². The molecule has 0 amide bonds. The van der Waals surface area contributed by atoms with Crippen molar-refractivity contribution in [3.05, 3.63) is 59.2 Å². The van der Waals surface area contributed by atoms with E-state index < -0.39 is 0 Å². The number of halogens is 1. The van der Waals surface area contributed by atoms with Gasteiger partial charge < -0.3 is 10.1 Å². The molecule has 0 saturated heterocycles. The van der Waals surface area contributed by atoms with Crippen LogP contribution in [0.3, 0.4) is 0 Å². The minimum Gasteiger partial charge on any atom is -0.494 e. The molecule has 0 saturated carbocycles. The summed E-state index contributed by atoms with van der Waals surface area (Å²) in [6.07, 6.45) is 1.56. The molecule has 0 radical (unpaired) electrons. The summed E-state index contributed by atoms with van der Waals surface area (Å²) in [6, 6.07) is 15.2. The lowest BCUT2D eigenvalue weighted by atomic mass is 10.1. The standard InChI is InChI=1S/C18H14ClN3O/c1-2-23-15-6-4-14(5-7-15)22-18-12(10-20)11-21-17-8-3-13(19)9-16(17)18/h3-9,11H,2H2,1H3,(H,21,22). The Morgan fingerprint density at radius 3 is 2.70 bits per heavy atom. The average Bonchev–Trinajstić information content (AvgIpc) is 2.57. The minimum atomic E-state index is 0.466. The van der Waals surface area contributed by atoms with Crippen molar-refractivity contribution < 1.29 is 4.74 Å². The molecule has 0 aliphatic rings. The summed E-state index contributed by atoms with van der Waals surface area (Å²) in [5.74, 6) is 0.807. The van der Waals surface area contributed by atoms with Crippen LogP contribution < -0.4 is 10.1 Å². The first kappa shape index (κ1) is 15.1.